The van der Waals surface area contributed by atoms with Crippen molar-refractivity contribution in [2.75, 3.05) is 0 Å². The Morgan fingerprint density at radius 1 is 1.62 bits per heavy atom. The molecule has 0 fully saturated rings. The van der Waals surface area contributed by atoms with Crippen molar-refractivity contribution >= 4 is 9.04 Å². The fourth-order valence-electron chi connectivity index (χ4n) is 0.250. The lowest BCUT2D eigenvalue weighted by molar-refractivity contribution is 0.147. The molecular weight excluding hydrogens is 120 g/mol. The molecule has 8 heavy (non-hydrogen) atoms. The van der Waals surface area contributed by atoms with Gasteiger partial charge in [-0.1, -0.05) is 5.70 Å². The molecule has 0 spiro atoms. The Morgan fingerprint density at radius 2 is 2.00 bits per heavy atom. The Labute approximate surface area is 51.2 Å². The minimum absolute atomic E-state index is 0.952. The van der Waals surface area contributed by atoms with Gasteiger partial charge in [0.1, 0.15) is 0 Å². The van der Waals surface area contributed by atoms with E-state index in [1.807, 2.05) is 0 Å². The van der Waals surface area contributed by atoms with Crippen LogP contribution in [-0.2, 0) is 0 Å². The Hall–Kier alpha value is -0.123. The summed E-state index contributed by atoms with van der Waals surface area (Å²) in [5.41, 5.74) is 1.41. The highest BCUT2D eigenvalue weighted by molar-refractivity contribution is 6.59. The summed E-state index contributed by atoms with van der Waals surface area (Å²) in [5, 5.41) is 8.06. The summed E-state index contributed by atoms with van der Waals surface area (Å²) in [6.45, 7) is 6.51. The van der Waals surface area contributed by atoms with E-state index in [4.69, 9.17) is 9.90 Å². The SMILES string of the molecule is C=C[Si](O)C(C)(C)O. The number of rotatable bonds is 2. The molecule has 0 aliphatic carbocycles. The molecule has 0 amide bonds. The van der Waals surface area contributed by atoms with Crippen LogP contribution in [0.3, 0.4) is 0 Å². The fraction of sp³-hybridized carbons (Fsp3) is 0.600. The van der Waals surface area contributed by atoms with Crippen LogP contribution in [0.5, 0.6) is 0 Å². The van der Waals surface area contributed by atoms with Gasteiger partial charge in [0, 0.05) is 0 Å². The van der Waals surface area contributed by atoms with E-state index in [-0.39, 0.29) is 0 Å². The lowest BCUT2D eigenvalue weighted by Gasteiger charge is -2.17. The molecule has 0 heterocycles. The van der Waals surface area contributed by atoms with E-state index >= 15 is 0 Å². The molecule has 0 rings (SSSR count). The van der Waals surface area contributed by atoms with Gasteiger partial charge in [-0.2, -0.15) is 0 Å². The number of aliphatic hydroxyl groups is 1. The fourth-order valence-corrected chi connectivity index (χ4v) is 0.749. The van der Waals surface area contributed by atoms with Crippen LogP contribution in [-0.4, -0.2) is 24.2 Å². The van der Waals surface area contributed by atoms with E-state index in [0.717, 1.165) is 0 Å². The highest BCUT2D eigenvalue weighted by Crippen LogP contribution is 2.03. The summed E-state index contributed by atoms with van der Waals surface area (Å²) >= 11 is 0. The van der Waals surface area contributed by atoms with Crippen LogP contribution in [0, 0.1) is 0 Å². The summed E-state index contributed by atoms with van der Waals surface area (Å²) in [5.74, 6) is 0. The van der Waals surface area contributed by atoms with Crippen LogP contribution in [0.1, 0.15) is 13.8 Å². The Morgan fingerprint density at radius 3 is 2.00 bits per heavy atom. The molecule has 0 aromatic rings. The predicted octanol–water partition coefficient (Wildman–Crippen LogP) is 0.00550. The molecule has 1 radical (unpaired) electrons. The van der Waals surface area contributed by atoms with Crippen molar-refractivity contribution in [3.63, 3.8) is 0 Å². The van der Waals surface area contributed by atoms with Gasteiger partial charge in [-0.3, -0.25) is 0 Å². The second-order valence-electron chi connectivity index (χ2n) is 2.15. The molecule has 0 saturated carbocycles. The van der Waals surface area contributed by atoms with Gasteiger partial charge in [-0.25, -0.2) is 0 Å². The van der Waals surface area contributed by atoms with Crippen LogP contribution < -0.4 is 0 Å². The second-order valence-corrected chi connectivity index (χ2v) is 4.55. The van der Waals surface area contributed by atoms with Crippen LogP contribution in [0.25, 0.3) is 0 Å². The van der Waals surface area contributed by atoms with E-state index in [1.54, 1.807) is 13.8 Å². The molecule has 47 valence electrons. The first-order valence-electron chi connectivity index (χ1n) is 2.39. The van der Waals surface area contributed by atoms with Crippen molar-refractivity contribution in [3.8, 4) is 0 Å². The van der Waals surface area contributed by atoms with Gasteiger partial charge in [0.15, 0.2) is 0 Å². The van der Waals surface area contributed by atoms with E-state index < -0.39 is 14.3 Å². The Bertz CT molecular complexity index is 84.9. The lowest BCUT2D eigenvalue weighted by atomic mass is 10.5. The molecule has 3 heteroatoms. The third-order valence-electron chi connectivity index (χ3n) is 0.820. The quantitative estimate of drug-likeness (QED) is 0.518. The maximum absolute atomic E-state index is 9.01. The van der Waals surface area contributed by atoms with Crippen molar-refractivity contribution < 1.29 is 9.90 Å². The van der Waals surface area contributed by atoms with Gasteiger partial charge in [0.25, 0.3) is 9.04 Å². The van der Waals surface area contributed by atoms with Gasteiger partial charge >= 0.3 is 0 Å². The zero-order chi connectivity index (χ0) is 6.78. The molecule has 0 atom stereocenters. The zero-order valence-corrected chi connectivity index (χ0v) is 6.18. The van der Waals surface area contributed by atoms with Crippen LogP contribution in [0.4, 0.5) is 0 Å². The highest BCUT2D eigenvalue weighted by atomic mass is 28.3. The molecule has 0 aliphatic heterocycles. The van der Waals surface area contributed by atoms with Gasteiger partial charge in [0.2, 0.25) is 0 Å². The van der Waals surface area contributed by atoms with Gasteiger partial charge in [-0.15, -0.1) is 6.58 Å². The van der Waals surface area contributed by atoms with Gasteiger partial charge in [0.05, 0.1) is 5.22 Å². The van der Waals surface area contributed by atoms with Crippen LogP contribution >= 0.6 is 0 Å². The lowest BCUT2D eigenvalue weighted by Crippen LogP contribution is -2.38. The molecule has 0 saturated heterocycles. The normalized spacial score (nSPS) is 12.1. The molecule has 2 nitrogen and oxygen atoms in total. The topological polar surface area (TPSA) is 40.5 Å². The third-order valence-corrected chi connectivity index (χ3v) is 2.46. The van der Waals surface area contributed by atoms with Crippen molar-refractivity contribution in [3.05, 3.63) is 12.3 Å². The number of hydrogen-bond acceptors (Lipinski definition) is 2. The first kappa shape index (κ1) is 7.88. The maximum Gasteiger partial charge on any atom is 0.268 e. The zero-order valence-electron chi connectivity index (χ0n) is 5.18. The largest absolute Gasteiger partial charge is 0.426 e. The monoisotopic (exact) mass is 131 g/mol. The summed E-state index contributed by atoms with van der Waals surface area (Å²) in [7, 11) is -1.73. The highest BCUT2D eigenvalue weighted by Gasteiger charge is 2.24. The molecule has 0 unspecified atom stereocenters. The minimum atomic E-state index is -1.73. The molecule has 0 bridgehead atoms. The van der Waals surface area contributed by atoms with Crippen molar-refractivity contribution in [1.82, 2.24) is 0 Å². The molecule has 0 aromatic heterocycles. The third kappa shape index (κ3) is 2.25. The van der Waals surface area contributed by atoms with E-state index in [2.05, 4.69) is 6.58 Å². The van der Waals surface area contributed by atoms with E-state index in [0.29, 0.717) is 0 Å². The molecular formula is C5H11O2Si. The smallest absolute Gasteiger partial charge is 0.268 e. The average Bonchev–Trinajstić information content (AvgIpc) is 1.62. The summed E-state index contributed by atoms with van der Waals surface area (Å²) in [4.78, 5) is 8.93. The van der Waals surface area contributed by atoms with Crippen molar-refractivity contribution in [1.29, 1.82) is 0 Å². The average molecular weight is 131 g/mol. The van der Waals surface area contributed by atoms with Gasteiger partial charge < -0.3 is 9.90 Å². The van der Waals surface area contributed by atoms with Crippen LogP contribution in [0.2, 0.25) is 0 Å². The number of hydrogen-bond donors (Lipinski definition) is 2. The van der Waals surface area contributed by atoms with Crippen molar-refractivity contribution in [2.24, 2.45) is 0 Å². The van der Waals surface area contributed by atoms with E-state index in [1.165, 1.54) is 5.70 Å². The summed E-state index contributed by atoms with van der Waals surface area (Å²) in [6, 6.07) is 0. The predicted molar refractivity (Wildman–Crippen MR) is 34.5 cm³/mol. The summed E-state index contributed by atoms with van der Waals surface area (Å²) < 4.78 is 0. The first-order chi connectivity index (χ1) is 3.48. The Kier molecular flexibility index (Phi) is 2.40. The van der Waals surface area contributed by atoms with Crippen molar-refractivity contribution in [2.45, 2.75) is 19.1 Å². The first-order valence-corrected chi connectivity index (χ1v) is 3.92. The molecule has 0 aromatic carbocycles. The standard InChI is InChI=1S/C5H11O2Si/c1-4-8(7)5(2,3)6/h4,6-7H,1H2,2-3H3. The second kappa shape index (κ2) is 2.43. The Balaban J connectivity index is 3.80. The molecule has 0 aliphatic rings. The van der Waals surface area contributed by atoms with Crippen LogP contribution in [0.15, 0.2) is 12.3 Å². The maximum atomic E-state index is 9.01. The summed E-state index contributed by atoms with van der Waals surface area (Å²) in [6.07, 6.45) is 0. The van der Waals surface area contributed by atoms with Gasteiger partial charge in [-0.05, 0) is 13.8 Å². The van der Waals surface area contributed by atoms with E-state index in [9.17, 15) is 0 Å². The minimum Gasteiger partial charge on any atom is -0.426 e. The molecule has 2 N–H and O–H groups in total.